The maximum Gasteiger partial charge on any atom is 0.0216 e. The molecule has 0 bridgehead atoms. The van der Waals surface area contributed by atoms with E-state index in [1.165, 1.54) is 25.3 Å². The minimum Gasteiger partial charge on any atom is -0.327 e. The van der Waals surface area contributed by atoms with Gasteiger partial charge in [0.05, 0.1) is 0 Å². The molecule has 0 aromatic carbocycles. The number of nitrogens with two attached hydrogens (primary N) is 1. The third-order valence-corrected chi connectivity index (χ3v) is 4.58. The van der Waals surface area contributed by atoms with Gasteiger partial charge in [0.1, 0.15) is 0 Å². The maximum absolute atomic E-state index is 5.94. The Kier molecular flexibility index (Phi) is 4.29. The van der Waals surface area contributed by atoms with Crippen molar-refractivity contribution in [1.29, 1.82) is 0 Å². The Hall–Kier alpha value is 0.270. The lowest BCUT2D eigenvalue weighted by atomic mass is 10.1. The minimum absolute atomic E-state index is 0.279. The van der Waals surface area contributed by atoms with Crippen LogP contribution in [0.4, 0.5) is 0 Å². The van der Waals surface area contributed by atoms with Crippen molar-refractivity contribution in [3.8, 4) is 0 Å². The standard InChI is InChI=1S/C11H24N2S/c1-9(12)10(2)13-6-5-11(3,4)14-8-7-13/h9-10H,5-8,12H2,1-4H3. The van der Waals surface area contributed by atoms with Crippen LogP contribution in [0, 0.1) is 0 Å². The average Bonchev–Trinajstić information content (AvgIpc) is 2.25. The van der Waals surface area contributed by atoms with Gasteiger partial charge in [-0.1, -0.05) is 13.8 Å². The zero-order valence-corrected chi connectivity index (χ0v) is 10.7. The number of thioether (sulfide) groups is 1. The summed E-state index contributed by atoms with van der Waals surface area (Å²) >= 11 is 2.09. The molecule has 3 heteroatoms. The molecule has 0 radical (unpaired) electrons. The molecule has 1 saturated heterocycles. The first-order valence-electron chi connectivity index (χ1n) is 5.56. The smallest absolute Gasteiger partial charge is 0.0216 e. The lowest BCUT2D eigenvalue weighted by Crippen LogP contribution is -2.45. The highest BCUT2D eigenvalue weighted by Gasteiger charge is 2.26. The minimum atomic E-state index is 0.279. The highest BCUT2D eigenvalue weighted by Crippen LogP contribution is 2.31. The maximum atomic E-state index is 5.94. The lowest BCUT2D eigenvalue weighted by molar-refractivity contribution is 0.197. The molecule has 1 rings (SSSR count). The summed E-state index contributed by atoms with van der Waals surface area (Å²) in [6, 6.07) is 0.797. The van der Waals surface area contributed by atoms with Gasteiger partial charge in [0.25, 0.3) is 0 Å². The quantitative estimate of drug-likeness (QED) is 0.765. The van der Waals surface area contributed by atoms with Gasteiger partial charge in [0.2, 0.25) is 0 Å². The van der Waals surface area contributed by atoms with Crippen LogP contribution in [0.5, 0.6) is 0 Å². The Balaban J connectivity index is 2.50. The van der Waals surface area contributed by atoms with E-state index in [0.717, 1.165) is 0 Å². The van der Waals surface area contributed by atoms with Crippen LogP contribution in [0.2, 0.25) is 0 Å². The largest absolute Gasteiger partial charge is 0.327 e. The van der Waals surface area contributed by atoms with Gasteiger partial charge in [-0.2, -0.15) is 11.8 Å². The van der Waals surface area contributed by atoms with Crippen LogP contribution < -0.4 is 5.73 Å². The summed E-state index contributed by atoms with van der Waals surface area (Å²) in [4.78, 5) is 2.53. The fraction of sp³-hybridized carbons (Fsp3) is 1.00. The van der Waals surface area contributed by atoms with Gasteiger partial charge in [-0.05, 0) is 26.8 Å². The fourth-order valence-corrected chi connectivity index (χ4v) is 2.89. The Morgan fingerprint density at radius 1 is 1.29 bits per heavy atom. The van der Waals surface area contributed by atoms with Gasteiger partial charge in [0.15, 0.2) is 0 Å². The Bertz CT molecular complexity index is 180. The fourth-order valence-electron chi connectivity index (χ4n) is 1.78. The second-order valence-electron chi connectivity index (χ2n) is 4.99. The predicted octanol–water partition coefficient (Wildman–Crippen LogP) is 1.94. The monoisotopic (exact) mass is 216 g/mol. The summed E-state index contributed by atoms with van der Waals surface area (Å²) < 4.78 is 0.451. The molecule has 1 aliphatic rings. The summed E-state index contributed by atoms with van der Waals surface area (Å²) in [5.41, 5.74) is 5.94. The molecule has 2 nitrogen and oxygen atoms in total. The van der Waals surface area contributed by atoms with E-state index in [4.69, 9.17) is 5.73 Å². The molecule has 1 fully saturated rings. The first-order valence-corrected chi connectivity index (χ1v) is 6.54. The van der Waals surface area contributed by atoms with Gasteiger partial charge in [0, 0.05) is 29.1 Å². The van der Waals surface area contributed by atoms with Crippen LogP contribution in [-0.2, 0) is 0 Å². The molecule has 0 saturated carbocycles. The normalized spacial score (nSPS) is 28.1. The highest BCUT2D eigenvalue weighted by molar-refractivity contribution is 8.00. The first kappa shape index (κ1) is 12.3. The lowest BCUT2D eigenvalue weighted by Gasteiger charge is -2.30. The van der Waals surface area contributed by atoms with E-state index in [1.54, 1.807) is 0 Å². The molecule has 0 aliphatic carbocycles. The second kappa shape index (κ2) is 4.86. The van der Waals surface area contributed by atoms with Crippen molar-refractivity contribution < 1.29 is 0 Å². The van der Waals surface area contributed by atoms with E-state index in [1.807, 2.05) is 0 Å². The first-order chi connectivity index (χ1) is 6.42. The number of hydrogen-bond acceptors (Lipinski definition) is 3. The molecular formula is C11H24N2S. The molecule has 2 unspecified atom stereocenters. The van der Waals surface area contributed by atoms with Crippen molar-refractivity contribution in [3.63, 3.8) is 0 Å². The van der Waals surface area contributed by atoms with E-state index in [9.17, 15) is 0 Å². The average molecular weight is 216 g/mol. The molecule has 2 N–H and O–H groups in total. The SMILES string of the molecule is CC(N)C(C)N1CCSC(C)(C)CC1. The van der Waals surface area contributed by atoms with Crippen molar-refractivity contribution in [2.75, 3.05) is 18.8 Å². The zero-order chi connectivity index (χ0) is 10.8. The molecule has 0 amide bonds. The number of hydrogen-bond donors (Lipinski definition) is 1. The van der Waals surface area contributed by atoms with Gasteiger partial charge in [-0.15, -0.1) is 0 Å². The summed E-state index contributed by atoms with van der Waals surface area (Å²) in [5, 5.41) is 0. The summed E-state index contributed by atoms with van der Waals surface area (Å²) in [5.74, 6) is 1.24. The van der Waals surface area contributed by atoms with Crippen LogP contribution in [-0.4, -0.2) is 40.6 Å². The van der Waals surface area contributed by atoms with Gasteiger partial charge >= 0.3 is 0 Å². The molecule has 0 spiro atoms. The van der Waals surface area contributed by atoms with E-state index in [-0.39, 0.29) is 6.04 Å². The van der Waals surface area contributed by atoms with Crippen LogP contribution in [0.25, 0.3) is 0 Å². The summed E-state index contributed by atoms with van der Waals surface area (Å²) in [6.07, 6.45) is 1.27. The van der Waals surface area contributed by atoms with E-state index >= 15 is 0 Å². The predicted molar refractivity (Wildman–Crippen MR) is 65.8 cm³/mol. The van der Waals surface area contributed by atoms with Crippen molar-refractivity contribution in [2.24, 2.45) is 5.73 Å². The van der Waals surface area contributed by atoms with Crippen molar-refractivity contribution in [2.45, 2.75) is 50.9 Å². The highest BCUT2D eigenvalue weighted by atomic mass is 32.2. The third-order valence-electron chi connectivity index (χ3n) is 3.21. The van der Waals surface area contributed by atoms with Crippen LogP contribution in [0.1, 0.15) is 34.1 Å². The Morgan fingerprint density at radius 2 is 1.93 bits per heavy atom. The molecular weight excluding hydrogens is 192 g/mol. The Labute approximate surface area is 92.6 Å². The molecule has 0 aromatic rings. The third kappa shape index (κ3) is 3.44. The zero-order valence-electron chi connectivity index (χ0n) is 9.92. The van der Waals surface area contributed by atoms with Gasteiger partial charge in [-0.25, -0.2) is 0 Å². The van der Waals surface area contributed by atoms with Crippen molar-refractivity contribution in [1.82, 2.24) is 4.90 Å². The molecule has 14 heavy (non-hydrogen) atoms. The molecule has 2 atom stereocenters. The van der Waals surface area contributed by atoms with Crippen molar-refractivity contribution in [3.05, 3.63) is 0 Å². The van der Waals surface area contributed by atoms with Crippen molar-refractivity contribution >= 4 is 11.8 Å². The van der Waals surface area contributed by atoms with E-state index in [0.29, 0.717) is 10.8 Å². The molecule has 1 aliphatic heterocycles. The number of nitrogens with zero attached hydrogens (tertiary/aromatic N) is 1. The van der Waals surface area contributed by atoms with Crippen LogP contribution >= 0.6 is 11.8 Å². The second-order valence-corrected chi connectivity index (χ2v) is 6.80. The number of rotatable bonds is 2. The molecule has 0 aromatic heterocycles. The van der Waals surface area contributed by atoms with Crippen LogP contribution in [0.3, 0.4) is 0 Å². The molecule has 84 valence electrons. The van der Waals surface area contributed by atoms with Gasteiger partial charge in [-0.3, -0.25) is 4.90 Å². The van der Waals surface area contributed by atoms with Crippen LogP contribution in [0.15, 0.2) is 0 Å². The topological polar surface area (TPSA) is 29.3 Å². The van der Waals surface area contributed by atoms with Gasteiger partial charge < -0.3 is 5.73 Å². The summed E-state index contributed by atoms with van der Waals surface area (Å²) in [7, 11) is 0. The Morgan fingerprint density at radius 3 is 2.50 bits per heavy atom. The summed E-state index contributed by atoms with van der Waals surface area (Å²) in [6.45, 7) is 11.4. The van der Waals surface area contributed by atoms with E-state index in [2.05, 4.69) is 44.4 Å². The molecule has 1 heterocycles. The van der Waals surface area contributed by atoms with E-state index < -0.39 is 0 Å².